The van der Waals surface area contributed by atoms with Gasteiger partial charge in [0.15, 0.2) is 0 Å². The zero-order valence-electron chi connectivity index (χ0n) is 12.8. The molecule has 1 fully saturated rings. The van der Waals surface area contributed by atoms with Gasteiger partial charge in [0.1, 0.15) is 0 Å². The van der Waals surface area contributed by atoms with Crippen LogP contribution >= 0.6 is 0 Å². The quantitative estimate of drug-likeness (QED) is 0.787. The molecule has 0 unspecified atom stereocenters. The Kier molecular flexibility index (Phi) is 6.21. The molecule has 4 nitrogen and oxygen atoms in total. The van der Waals surface area contributed by atoms with E-state index in [1.54, 1.807) is 12.1 Å². The van der Waals surface area contributed by atoms with Gasteiger partial charge in [0, 0.05) is 6.54 Å². The highest BCUT2D eigenvalue weighted by Crippen LogP contribution is 2.11. The topological polar surface area (TPSA) is 49.4 Å². The van der Waals surface area contributed by atoms with E-state index < -0.39 is 10.0 Å². The normalized spacial score (nSPS) is 17.0. The summed E-state index contributed by atoms with van der Waals surface area (Å²) in [7, 11) is -3.36. The van der Waals surface area contributed by atoms with Crippen LogP contribution in [0.4, 0.5) is 0 Å². The molecule has 1 aliphatic rings. The maximum absolute atomic E-state index is 12.2. The first-order chi connectivity index (χ1) is 10.1. The van der Waals surface area contributed by atoms with Crippen molar-refractivity contribution in [3.05, 3.63) is 29.8 Å². The Bertz CT molecular complexity index is 520. The van der Waals surface area contributed by atoms with Crippen LogP contribution in [-0.2, 0) is 16.4 Å². The van der Waals surface area contributed by atoms with E-state index in [9.17, 15) is 8.42 Å². The zero-order chi connectivity index (χ0) is 15.1. The van der Waals surface area contributed by atoms with Gasteiger partial charge in [0.05, 0.1) is 4.90 Å². The molecule has 21 heavy (non-hydrogen) atoms. The van der Waals surface area contributed by atoms with Gasteiger partial charge in [-0.05, 0) is 63.0 Å². The van der Waals surface area contributed by atoms with E-state index in [-0.39, 0.29) is 0 Å². The summed E-state index contributed by atoms with van der Waals surface area (Å²) in [5, 5.41) is 0. The molecule has 0 saturated carbocycles. The molecule has 0 radical (unpaired) electrons. The van der Waals surface area contributed by atoms with Gasteiger partial charge in [0.2, 0.25) is 10.0 Å². The fraction of sp³-hybridized carbons (Fsp3) is 0.625. The van der Waals surface area contributed by atoms with Crippen molar-refractivity contribution in [1.82, 2.24) is 9.62 Å². The highest BCUT2D eigenvalue weighted by Gasteiger charge is 2.14. The lowest BCUT2D eigenvalue weighted by Crippen LogP contribution is -2.33. The van der Waals surface area contributed by atoms with E-state index in [0.717, 1.165) is 38.0 Å². The second-order valence-electron chi connectivity index (χ2n) is 5.65. The molecule has 1 aromatic carbocycles. The van der Waals surface area contributed by atoms with E-state index in [1.807, 2.05) is 12.1 Å². The number of benzene rings is 1. The Labute approximate surface area is 128 Å². The second kappa shape index (κ2) is 7.92. The standard InChI is InChI=1S/C16H26N2O2S/c1-2-15-7-9-16(10-8-15)21(19,20)17-11-6-14-18-12-4-3-5-13-18/h7-10,17H,2-6,11-14H2,1H3. The molecule has 0 amide bonds. The molecule has 1 aromatic rings. The Morgan fingerprint density at radius 2 is 1.76 bits per heavy atom. The van der Waals surface area contributed by atoms with Gasteiger partial charge < -0.3 is 4.90 Å². The Morgan fingerprint density at radius 1 is 1.10 bits per heavy atom. The van der Waals surface area contributed by atoms with Crippen molar-refractivity contribution in [2.45, 2.75) is 43.9 Å². The summed E-state index contributed by atoms with van der Waals surface area (Å²) in [6, 6.07) is 7.13. The van der Waals surface area contributed by atoms with Crippen LogP contribution in [0, 0.1) is 0 Å². The minimum Gasteiger partial charge on any atom is -0.303 e. The van der Waals surface area contributed by atoms with Crippen LogP contribution in [0.2, 0.25) is 0 Å². The van der Waals surface area contributed by atoms with Crippen LogP contribution in [-0.4, -0.2) is 39.5 Å². The number of likely N-dealkylation sites (tertiary alicyclic amines) is 1. The van der Waals surface area contributed by atoms with Crippen LogP contribution in [0.5, 0.6) is 0 Å². The molecule has 1 aliphatic heterocycles. The molecule has 0 atom stereocenters. The maximum Gasteiger partial charge on any atom is 0.240 e. The van der Waals surface area contributed by atoms with Crippen LogP contribution in [0.1, 0.15) is 38.2 Å². The zero-order valence-corrected chi connectivity index (χ0v) is 13.7. The van der Waals surface area contributed by atoms with Crippen molar-refractivity contribution in [3.63, 3.8) is 0 Å². The van der Waals surface area contributed by atoms with Gasteiger partial charge in [-0.2, -0.15) is 0 Å². The van der Waals surface area contributed by atoms with Gasteiger partial charge in [-0.1, -0.05) is 25.5 Å². The number of piperidine rings is 1. The summed E-state index contributed by atoms with van der Waals surface area (Å²) < 4.78 is 27.0. The SMILES string of the molecule is CCc1ccc(S(=O)(=O)NCCCN2CCCCC2)cc1. The lowest BCUT2D eigenvalue weighted by atomic mass is 10.1. The number of rotatable bonds is 7. The Hall–Kier alpha value is -0.910. The summed E-state index contributed by atoms with van der Waals surface area (Å²) in [5.41, 5.74) is 1.15. The molecular formula is C16H26N2O2S. The molecule has 2 rings (SSSR count). The molecule has 118 valence electrons. The summed E-state index contributed by atoms with van der Waals surface area (Å²) >= 11 is 0. The van der Waals surface area contributed by atoms with Crippen LogP contribution in [0.15, 0.2) is 29.2 Å². The molecule has 5 heteroatoms. The lowest BCUT2D eigenvalue weighted by molar-refractivity contribution is 0.227. The predicted molar refractivity (Wildman–Crippen MR) is 85.9 cm³/mol. The third-order valence-corrected chi connectivity index (χ3v) is 5.51. The van der Waals surface area contributed by atoms with Gasteiger partial charge in [0.25, 0.3) is 0 Å². The molecule has 1 N–H and O–H groups in total. The minimum absolute atomic E-state index is 0.359. The largest absolute Gasteiger partial charge is 0.303 e. The fourth-order valence-corrected chi connectivity index (χ4v) is 3.75. The molecule has 1 heterocycles. The van der Waals surface area contributed by atoms with E-state index in [4.69, 9.17) is 0 Å². The molecule has 1 saturated heterocycles. The van der Waals surface area contributed by atoms with Crippen molar-refractivity contribution in [2.75, 3.05) is 26.2 Å². The summed E-state index contributed by atoms with van der Waals surface area (Å²) in [4.78, 5) is 2.78. The number of aryl methyl sites for hydroxylation is 1. The second-order valence-corrected chi connectivity index (χ2v) is 7.42. The van der Waals surface area contributed by atoms with Crippen molar-refractivity contribution in [1.29, 1.82) is 0 Å². The van der Waals surface area contributed by atoms with Crippen LogP contribution in [0.3, 0.4) is 0 Å². The highest BCUT2D eigenvalue weighted by molar-refractivity contribution is 7.89. The van der Waals surface area contributed by atoms with E-state index in [0.29, 0.717) is 11.4 Å². The van der Waals surface area contributed by atoms with Gasteiger partial charge >= 0.3 is 0 Å². The van der Waals surface area contributed by atoms with Gasteiger partial charge in [-0.15, -0.1) is 0 Å². The third kappa shape index (κ3) is 5.09. The van der Waals surface area contributed by atoms with Crippen molar-refractivity contribution < 1.29 is 8.42 Å². The molecule has 0 aromatic heterocycles. The summed E-state index contributed by atoms with van der Waals surface area (Å²) in [6.45, 7) is 5.87. The number of hydrogen-bond acceptors (Lipinski definition) is 3. The maximum atomic E-state index is 12.2. The third-order valence-electron chi connectivity index (χ3n) is 4.03. The van der Waals surface area contributed by atoms with Crippen molar-refractivity contribution >= 4 is 10.0 Å². The Morgan fingerprint density at radius 3 is 2.38 bits per heavy atom. The van der Waals surface area contributed by atoms with E-state index in [1.165, 1.54) is 19.3 Å². The van der Waals surface area contributed by atoms with Gasteiger partial charge in [-0.3, -0.25) is 0 Å². The molecule has 0 bridgehead atoms. The predicted octanol–water partition coefficient (Wildman–Crippen LogP) is 2.40. The monoisotopic (exact) mass is 310 g/mol. The van der Waals surface area contributed by atoms with E-state index in [2.05, 4.69) is 16.5 Å². The van der Waals surface area contributed by atoms with Crippen LogP contribution in [0.25, 0.3) is 0 Å². The van der Waals surface area contributed by atoms with Crippen molar-refractivity contribution in [3.8, 4) is 0 Å². The molecule has 0 aliphatic carbocycles. The van der Waals surface area contributed by atoms with Crippen LogP contribution < -0.4 is 4.72 Å². The summed E-state index contributed by atoms with van der Waals surface area (Å²) in [5.74, 6) is 0. The number of sulfonamides is 1. The average Bonchev–Trinajstić information content (AvgIpc) is 2.53. The first-order valence-corrected chi connectivity index (χ1v) is 9.41. The number of nitrogens with one attached hydrogen (secondary N) is 1. The average molecular weight is 310 g/mol. The molecular weight excluding hydrogens is 284 g/mol. The lowest BCUT2D eigenvalue weighted by Gasteiger charge is -2.26. The minimum atomic E-state index is -3.36. The Balaban J connectivity index is 1.77. The first-order valence-electron chi connectivity index (χ1n) is 7.93. The fourth-order valence-electron chi connectivity index (χ4n) is 2.68. The van der Waals surface area contributed by atoms with Gasteiger partial charge in [-0.25, -0.2) is 13.1 Å². The van der Waals surface area contributed by atoms with Crippen molar-refractivity contribution in [2.24, 2.45) is 0 Å². The first kappa shape index (κ1) is 16.5. The smallest absolute Gasteiger partial charge is 0.240 e. The van der Waals surface area contributed by atoms with E-state index >= 15 is 0 Å². The number of hydrogen-bond donors (Lipinski definition) is 1. The molecule has 0 spiro atoms. The summed E-state index contributed by atoms with van der Waals surface area (Å²) in [6.07, 6.45) is 5.66. The number of nitrogens with zero attached hydrogens (tertiary/aromatic N) is 1. The highest BCUT2D eigenvalue weighted by atomic mass is 32.2.